The van der Waals surface area contributed by atoms with Gasteiger partial charge in [0.05, 0.1) is 5.69 Å². The molecule has 2 aromatic rings. The first-order chi connectivity index (χ1) is 9.33. The predicted octanol–water partition coefficient (Wildman–Crippen LogP) is 0.935. The highest BCUT2D eigenvalue weighted by Crippen LogP contribution is 2.22. The van der Waals surface area contributed by atoms with Gasteiger partial charge in [-0.25, -0.2) is 4.98 Å². The third-order valence-electron chi connectivity index (χ3n) is 3.92. The van der Waals surface area contributed by atoms with Crippen molar-refractivity contribution in [2.75, 3.05) is 37.6 Å². The molecular formula is C14H21N5. The molecule has 0 unspecified atom stereocenters. The summed E-state index contributed by atoms with van der Waals surface area (Å²) in [5.41, 5.74) is 8.02. The lowest BCUT2D eigenvalue weighted by Crippen LogP contribution is -2.46. The molecule has 5 heteroatoms. The van der Waals surface area contributed by atoms with Crippen molar-refractivity contribution in [1.29, 1.82) is 0 Å². The molecule has 19 heavy (non-hydrogen) atoms. The van der Waals surface area contributed by atoms with Crippen LogP contribution in [0, 0.1) is 0 Å². The normalized spacial score (nSPS) is 17.3. The van der Waals surface area contributed by atoms with Gasteiger partial charge >= 0.3 is 0 Å². The largest absolute Gasteiger partial charge is 0.352 e. The van der Waals surface area contributed by atoms with Crippen molar-refractivity contribution < 1.29 is 0 Å². The van der Waals surface area contributed by atoms with Gasteiger partial charge in [-0.05, 0) is 18.7 Å². The molecule has 1 fully saturated rings. The summed E-state index contributed by atoms with van der Waals surface area (Å²) in [5.74, 6) is 1.06. The summed E-state index contributed by atoms with van der Waals surface area (Å²) in [5, 5.41) is 0. The van der Waals surface area contributed by atoms with Gasteiger partial charge in [-0.3, -0.25) is 0 Å². The second-order valence-corrected chi connectivity index (χ2v) is 4.94. The van der Waals surface area contributed by atoms with Crippen LogP contribution in [-0.4, -0.2) is 47.0 Å². The monoisotopic (exact) mass is 259 g/mol. The van der Waals surface area contributed by atoms with Gasteiger partial charge in [0.15, 0.2) is 5.82 Å². The van der Waals surface area contributed by atoms with E-state index in [1.807, 2.05) is 24.4 Å². The number of anilines is 1. The molecule has 0 bridgehead atoms. The van der Waals surface area contributed by atoms with E-state index in [1.165, 1.54) is 0 Å². The van der Waals surface area contributed by atoms with Crippen LogP contribution in [-0.2, 0) is 6.54 Å². The van der Waals surface area contributed by atoms with E-state index in [1.54, 1.807) is 0 Å². The standard InChI is InChI=1S/C14H21N5/c1-2-17-7-9-18(10-8-17)14-12(11-15)19-6-4-3-5-13(19)16-14/h3-6H,2,7-11,15H2,1H3. The number of likely N-dealkylation sites (N-methyl/N-ethyl adjacent to an activating group) is 1. The molecule has 0 saturated carbocycles. The van der Waals surface area contributed by atoms with E-state index < -0.39 is 0 Å². The molecule has 3 heterocycles. The zero-order chi connectivity index (χ0) is 13.2. The first-order valence-electron chi connectivity index (χ1n) is 6.96. The number of nitrogens with two attached hydrogens (primary N) is 1. The van der Waals surface area contributed by atoms with Crippen molar-refractivity contribution >= 4 is 11.5 Å². The van der Waals surface area contributed by atoms with Gasteiger partial charge in [0.2, 0.25) is 0 Å². The van der Waals surface area contributed by atoms with Crippen molar-refractivity contribution in [3.63, 3.8) is 0 Å². The fourth-order valence-corrected chi connectivity index (χ4v) is 2.75. The number of fused-ring (bicyclic) bond motifs is 1. The third-order valence-corrected chi connectivity index (χ3v) is 3.92. The summed E-state index contributed by atoms with van der Waals surface area (Å²) in [6.07, 6.45) is 2.04. The van der Waals surface area contributed by atoms with Gasteiger partial charge in [-0.2, -0.15) is 0 Å². The summed E-state index contributed by atoms with van der Waals surface area (Å²) in [4.78, 5) is 9.58. The first kappa shape index (κ1) is 12.4. The van der Waals surface area contributed by atoms with Crippen LogP contribution < -0.4 is 10.6 Å². The summed E-state index contributed by atoms with van der Waals surface area (Å²) in [7, 11) is 0. The SMILES string of the molecule is CCN1CCN(c2nc3ccccn3c2CN)CC1. The van der Waals surface area contributed by atoms with Gasteiger partial charge in [0, 0.05) is 38.9 Å². The van der Waals surface area contributed by atoms with Crippen LogP contribution >= 0.6 is 0 Å². The van der Waals surface area contributed by atoms with Crippen LogP contribution in [0.15, 0.2) is 24.4 Å². The van der Waals surface area contributed by atoms with Gasteiger partial charge in [-0.1, -0.05) is 13.0 Å². The Hall–Kier alpha value is -1.59. The minimum atomic E-state index is 0.522. The molecule has 0 spiro atoms. The maximum atomic E-state index is 5.92. The van der Waals surface area contributed by atoms with Gasteiger partial charge in [-0.15, -0.1) is 0 Å². The number of pyridine rings is 1. The van der Waals surface area contributed by atoms with Crippen LogP contribution in [0.4, 0.5) is 5.82 Å². The van der Waals surface area contributed by atoms with Crippen molar-refractivity contribution in [2.24, 2.45) is 5.73 Å². The number of nitrogens with zero attached hydrogens (tertiary/aromatic N) is 4. The number of hydrogen-bond acceptors (Lipinski definition) is 4. The van der Waals surface area contributed by atoms with Crippen molar-refractivity contribution in [1.82, 2.24) is 14.3 Å². The van der Waals surface area contributed by atoms with Crippen LogP contribution in [0.25, 0.3) is 5.65 Å². The quantitative estimate of drug-likeness (QED) is 0.891. The van der Waals surface area contributed by atoms with Crippen molar-refractivity contribution in [3.05, 3.63) is 30.1 Å². The zero-order valence-electron chi connectivity index (χ0n) is 11.4. The molecular weight excluding hydrogens is 238 g/mol. The fraction of sp³-hybridized carbons (Fsp3) is 0.500. The molecule has 1 aliphatic rings. The van der Waals surface area contributed by atoms with Crippen molar-refractivity contribution in [2.45, 2.75) is 13.5 Å². The third kappa shape index (κ3) is 2.19. The first-order valence-corrected chi connectivity index (χ1v) is 6.96. The van der Waals surface area contributed by atoms with Gasteiger partial charge < -0.3 is 19.9 Å². The highest BCUT2D eigenvalue weighted by molar-refractivity contribution is 5.56. The van der Waals surface area contributed by atoms with Crippen LogP contribution in [0.2, 0.25) is 0 Å². The minimum Gasteiger partial charge on any atom is -0.352 e. The fourth-order valence-electron chi connectivity index (χ4n) is 2.75. The lowest BCUT2D eigenvalue weighted by Gasteiger charge is -2.34. The highest BCUT2D eigenvalue weighted by atomic mass is 15.3. The Morgan fingerprint density at radius 1 is 1.21 bits per heavy atom. The number of rotatable bonds is 3. The Bertz CT molecular complexity index is 554. The molecule has 2 N–H and O–H groups in total. The molecule has 1 saturated heterocycles. The van der Waals surface area contributed by atoms with E-state index in [4.69, 9.17) is 10.7 Å². The lowest BCUT2D eigenvalue weighted by molar-refractivity contribution is 0.270. The summed E-state index contributed by atoms with van der Waals surface area (Å²) >= 11 is 0. The van der Waals surface area contributed by atoms with E-state index in [-0.39, 0.29) is 0 Å². The molecule has 0 amide bonds. The molecule has 0 aliphatic carbocycles. The predicted molar refractivity (Wildman–Crippen MR) is 77.4 cm³/mol. The molecule has 1 aliphatic heterocycles. The maximum Gasteiger partial charge on any atom is 0.152 e. The molecule has 5 nitrogen and oxygen atoms in total. The Balaban J connectivity index is 1.92. The zero-order valence-corrected chi connectivity index (χ0v) is 11.4. The summed E-state index contributed by atoms with van der Waals surface area (Å²) in [6.45, 7) is 8.14. The molecule has 0 radical (unpaired) electrons. The van der Waals surface area contributed by atoms with Crippen molar-refractivity contribution in [3.8, 4) is 0 Å². The maximum absolute atomic E-state index is 5.92. The minimum absolute atomic E-state index is 0.522. The van der Waals surface area contributed by atoms with Gasteiger partial charge in [0.25, 0.3) is 0 Å². The van der Waals surface area contributed by atoms with Crippen LogP contribution in [0.3, 0.4) is 0 Å². The lowest BCUT2D eigenvalue weighted by atomic mass is 10.3. The number of imidazole rings is 1. The van der Waals surface area contributed by atoms with E-state index in [0.29, 0.717) is 6.54 Å². The van der Waals surface area contributed by atoms with E-state index in [0.717, 1.165) is 49.9 Å². The Morgan fingerprint density at radius 2 is 2.00 bits per heavy atom. The number of aromatic nitrogens is 2. The van der Waals surface area contributed by atoms with E-state index in [2.05, 4.69) is 21.1 Å². The Kier molecular flexibility index (Phi) is 3.40. The smallest absolute Gasteiger partial charge is 0.152 e. The van der Waals surface area contributed by atoms with Gasteiger partial charge in [0.1, 0.15) is 5.65 Å². The molecule has 0 aromatic carbocycles. The average molecular weight is 259 g/mol. The molecule has 0 atom stereocenters. The highest BCUT2D eigenvalue weighted by Gasteiger charge is 2.21. The van der Waals surface area contributed by atoms with E-state index in [9.17, 15) is 0 Å². The van der Waals surface area contributed by atoms with E-state index >= 15 is 0 Å². The average Bonchev–Trinajstić information content (AvgIpc) is 2.85. The summed E-state index contributed by atoms with van der Waals surface area (Å²) < 4.78 is 2.10. The Labute approximate surface area is 113 Å². The van der Waals surface area contributed by atoms with Crippen LogP contribution in [0.5, 0.6) is 0 Å². The topological polar surface area (TPSA) is 49.8 Å². The Morgan fingerprint density at radius 3 is 2.68 bits per heavy atom. The summed E-state index contributed by atoms with van der Waals surface area (Å²) in [6, 6.07) is 6.07. The molecule has 3 rings (SSSR count). The number of piperazine rings is 1. The van der Waals surface area contributed by atoms with Crippen LogP contribution in [0.1, 0.15) is 12.6 Å². The second kappa shape index (κ2) is 5.19. The molecule has 102 valence electrons. The number of hydrogen-bond donors (Lipinski definition) is 1. The second-order valence-electron chi connectivity index (χ2n) is 4.94. The molecule has 2 aromatic heterocycles.